The van der Waals surface area contributed by atoms with E-state index in [1.807, 2.05) is 43.4 Å². The highest BCUT2D eigenvalue weighted by Gasteiger charge is 2.18. The van der Waals surface area contributed by atoms with Gasteiger partial charge in [0.1, 0.15) is 5.75 Å². The number of carbonyl (C=O) groups excluding carboxylic acids is 1. The molecule has 152 valence electrons. The Bertz CT molecular complexity index is 1220. The van der Waals surface area contributed by atoms with Crippen LogP contribution in [0.2, 0.25) is 0 Å². The molecule has 1 amide bonds. The number of benzene rings is 2. The van der Waals surface area contributed by atoms with Gasteiger partial charge in [-0.1, -0.05) is 30.3 Å². The maximum atomic E-state index is 13.1. The van der Waals surface area contributed by atoms with Crippen molar-refractivity contribution in [3.63, 3.8) is 0 Å². The third kappa shape index (κ3) is 3.64. The number of aromatic nitrogens is 3. The van der Waals surface area contributed by atoms with Gasteiger partial charge in [-0.25, -0.2) is 4.98 Å². The molecule has 2 aromatic heterocycles. The molecule has 30 heavy (non-hydrogen) atoms. The molecule has 0 aliphatic carbocycles. The quantitative estimate of drug-likeness (QED) is 0.545. The lowest BCUT2D eigenvalue weighted by Crippen LogP contribution is -2.23. The number of hydrogen-bond acceptors (Lipinski definition) is 4. The zero-order chi connectivity index (χ0) is 21.3. The van der Waals surface area contributed by atoms with Crippen LogP contribution < -0.4 is 10.1 Å². The second-order valence-corrected chi connectivity index (χ2v) is 7.36. The number of nitrogens with zero attached hydrogens (tertiary/aromatic N) is 3. The molecule has 4 aromatic rings. The summed E-state index contributed by atoms with van der Waals surface area (Å²) < 4.78 is 6.96. The second-order valence-electron chi connectivity index (χ2n) is 7.36. The first-order valence-electron chi connectivity index (χ1n) is 9.78. The first kappa shape index (κ1) is 19.6. The largest absolute Gasteiger partial charge is 0.497 e. The van der Waals surface area contributed by atoms with Crippen molar-refractivity contribution in [3.05, 3.63) is 77.0 Å². The summed E-state index contributed by atoms with van der Waals surface area (Å²) >= 11 is 0. The van der Waals surface area contributed by atoms with E-state index in [2.05, 4.69) is 36.4 Å². The van der Waals surface area contributed by atoms with E-state index in [1.165, 1.54) is 0 Å². The monoisotopic (exact) mass is 400 g/mol. The zero-order valence-corrected chi connectivity index (χ0v) is 17.6. The van der Waals surface area contributed by atoms with Crippen LogP contribution in [0.4, 0.5) is 0 Å². The maximum Gasteiger partial charge on any atom is 0.252 e. The normalized spacial score (nSPS) is 10.9. The molecule has 0 unspecified atom stereocenters. The number of hydrogen-bond donors (Lipinski definition) is 1. The predicted molar refractivity (Wildman–Crippen MR) is 118 cm³/mol. The molecule has 2 heterocycles. The number of pyridine rings is 1. The van der Waals surface area contributed by atoms with E-state index in [-0.39, 0.29) is 5.91 Å². The van der Waals surface area contributed by atoms with E-state index in [0.717, 1.165) is 39.1 Å². The number of fused-ring (bicyclic) bond motifs is 1. The van der Waals surface area contributed by atoms with Crippen molar-refractivity contribution in [2.45, 2.75) is 20.4 Å². The van der Waals surface area contributed by atoms with Crippen molar-refractivity contribution in [2.75, 3.05) is 7.11 Å². The van der Waals surface area contributed by atoms with Crippen molar-refractivity contribution in [3.8, 4) is 17.0 Å². The van der Waals surface area contributed by atoms with Crippen LogP contribution in [0.1, 0.15) is 27.0 Å². The van der Waals surface area contributed by atoms with Crippen LogP contribution >= 0.6 is 0 Å². The fourth-order valence-corrected chi connectivity index (χ4v) is 3.71. The summed E-state index contributed by atoms with van der Waals surface area (Å²) in [4.78, 5) is 18.0. The highest BCUT2D eigenvalue weighted by molar-refractivity contribution is 6.06. The Morgan fingerprint density at radius 2 is 1.83 bits per heavy atom. The summed E-state index contributed by atoms with van der Waals surface area (Å²) in [6.07, 6.45) is 1.69. The molecule has 2 aromatic carbocycles. The highest BCUT2D eigenvalue weighted by atomic mass is 16.5. The standard InChI is InChI=1S/C24H24N4O2/c1-15-7-5-8-16(2)22(15)21-12-19(20-14-26-28(3)23(20)27-21)24(29)25-13-17-9-6-10-18(11-17)30-4/h5-12,14H,13H2,1-4H3,(H,25,29). The SMILES string of the molecule is COc1cccc(CNC(=O)c2cc(-c3c(C)cccc3C)nc3c2cnn3C)c1. The van der Waals surface area contributed by atoms with Crippen molar-refractivity contribution >= 4 is 16.9 Å². The van der Waals surface area contributed by atoms with Gasteiger partial charge in [0.2, 0.25) is 0 Å². The molecule has 0 atom stereocenters. The van der Waals surface area contributed by atoms with Gasteiger partial charge in [0.25, 0.3) is 5.91 Å². The number of rotatable bonds is 5. The van der Waals surface area contributed by atoms with E-state index in [1.54, 1.807) is 18.0 Å². The Morgan fingerprint density at radius 3 is 2.57 bits per heavy atom. The summed E-state index contributed by atoms with van der Waals surface area (Å²) in [6, 6.07) is 15.7. The highest BCUT2D eigenvalue weighted by Crippen LogP contribution is 2.29. The molecule has 0 bridgehead atoms. The first-order valence-corrected chi connectivity index (χ1v) is 9.78. The van der Waals surface area contributed by atoms with Gasteiger partial charge < -0.3 is 10.1 Å². The van der Waals surface area contributed by atoms with Crippen LogP contribution in [-0.4, -0.2) is 27.8 Å². The summed E-state index contributed by atoms with van der Waals surface area (Å²) in [5, 5.41) is 8.07. The first-order chi connectivity index (χ1) is 14.5. The van der Waals surface area contributed by atoms with Gasteiger partial charge in [0.05, 0.1) is 30.0 Å². The minimum Gasteiger partial charge on any atom is -0.497 e. The third-order valence-electron chi connectivity index (χ3n) is 5.27. The Hall–Kier alpha value is -3.67. The smallest absolute Gasteiger partial charge is 0.252 e. The molecule has 1 N–H and O–H groups in total. The molecule has 0 aliphatic heterocycles. The van der Waals surface area contributed by atoms with Gasteiger partial charge in [0, 0.05) is 19.2 Å². The summed E-state index contributed by atoms with van der Waals surface area (Å²) in [5.41, 5.74) is 6.26. The molecule has 0 fully saturated rings. The van der Waals surface area contributed by atoms with Crippen LogP contribution in [-0.2, 0) is 13.6 Å². The molecule has 0 radical (unpaired) electrons. The minimum absolute atomic E-state index is 0.161. The Balaban J connectivity index is 1.73. The molecule has 4 rings (SSSR count). The van der Waals surface area contributed by atoms with Crippen LogP contribution in [0.25, 0.3) is 22.3 Å². The van der Waals surface area contributed by atoms with E-state index >= 15 is 0 Å². The number of ether oxygens (including phenoxy) is 1. The lowest BCUT2D eigenvalue weighted by atomic mass is 9.98. The second kappa shape index (κ2) is 7.99. The molecule has 0 spiro atoms. The molecule has 6 heteroatoms. The number of carbonyl (C=O) groups is 1. The molecule has 0 saturated carbocycles. The fourth-order valence-electron chi connectivity index (χ4n) is 3.71. The summed E-state index contributed by atoms with van der Waals surface area (Å²) in [5.74, 6) is 0.600. The Kier molecular flexibility index (Phi) is 5.23. The van der Waals surface area contributed by atoms with Gasteiger partial charge in [-0.2, -0.15) is 5.10 Å². The van der Waals surface area contributed by atoms with Crippen LogP contribution in [0.15, 0.2) is 54.7 Å². The van der Waals surface area contributed by atoms with Gasteiger partial charge >= 0.3 is 0 Å². The van der Waals surface area contributed by atoms with E-state index in [4.69, 9.17) is 9.72 Å². The van der Waals surface area contributed by atoms with E-state index in [9.17, 15) is 4.79 Å². The average Bonchev–Trinajstić information content (AvgIpc) is 3.12. The molecule has 0 saturated heterocycles. The van der Waals surface area contributed by atoms with Crippen LogP contribution in [0, 0.1) is 13.8 Å². The van der Waals surface area contributed by atoms with Gasteiger partial charge in [0.15, 0.2) is 5.65 Å². The van der Waals surface area contributed by atoms with Crippen molar-refractivity contribution in [2.24, 2.45) is 7.05 Å². The topological polar surface area (TPSA) is 69.0 Å². The minimum atomic E-state index is -0.161. The molecular weight excluding hydrogens is 376 g/mol. The number of nitrogens with one attached hydrogen (secondary N) is 1. The Morgan fingerprint density at radius 1 is 1.10 bits per heavy atom. The average molecular weight is 400 g/mol. The lowest BCUT2D eigenvalue weighted by Gasteiger charge is -2.12. The van der Waals surface area contributed by atoms with Crippen molar-refractivity contribution < 1.29 is 9.53 Å². The number of aryl methyl sites for hydroxylation is 3. The third-order valence-corrected chi connectivity index (χ3v) is 5.27. The lowest BCUT2D eigenvalue weighted by molar-refractivity contribution is 0.0952. The number of methoxy groups -OCH3 is 1. The Labute approximate surface area is 175 Å². The molecule has 0 aliphatic rings. The van der Waals surface area contributed by atoms with Crippen LogP contribution in [0.5, 0.6) is 5.75 Å². The van der Waals surface area contributed by atoms with Gasteiger partial charge in [-0.05, 0) is 48.7 Å². The number of amides is 1. The molecule has 6 nitrogen and oxygen atoms in total. The van der Waals surface area contributed by atoms with Gasteiger partial charge in [-0.3, -0.25) is 9.48 Å². The zero-order valence-electron chi connectivity index (χ0n) is 17.6. The fraction of sp³-hybridized carbons (Fsp3) is 0.208. The van der Waals surface area contributed by atoms with E-state index in [0.29, 0.717) is 17.8 Å². The predicted octanol–water partition coefficient (Wildman–Crippen LogP) is 4.19. The molecular formula is C24H24N4O2. The van der Waals surface area contributed by atoms with Crippen molar-refractivity contribution in [1.82, 2.24) is 20.1 Å². The van der Waals surface area contributed by atoms with Gasteiger partial charge in [-0.15, -0.1) is 0 Å². The summed E-state index contributed by atoms with van der Waals surface area (Å²) in [7, 11) is 3.46. The maximum absolute atomic E-state index is 13.1. The summed E-state index contributed by atoms with van der Waals surface area (Å²) in [6.45, 7) is 4.51. The van der Waals surface area contributed by atoms with Crippen molar-refractivity contribution in [1.29, 1.82) is 0 Å². The van der Waals surface area contributed by atoms with E-state index < -0.39 is 0 Å². The van der Waals surface area contributed by atoms with Crippen LogP contribution in [0.3, 0.4) is 0 Å².